The Balaban J connectivity index is 1.40. The van der Waals surface area contributed by atoms with Crippen molar-refractivity contribution in [3.63, 3.8) is 0 Å². The average molecular weight is 444 g/mol. The fourth-order valence-electron chi connectivity index (χ4n) is 3.20. The highest BCUT2D eigenvalue weighted by Gasteiger charge is 2.31. The van der Waals surface area contributed by atoms with Crippen molar-refractivity contribution in [2.24, 2.45) is 0 Å². The van der Waals surface area contributed by atoms with Crippen LogP contribution in [0.15, 0.2) is 55.0 Å². The van der Waals surface area contributed by atoms with E-state index in [0.717, 1.165) is 34.6 Å². The average Bonchev–Trinajstić information content (AvgIpc) is 3.45. The molecule has 4 aromatic rings. The lowest BCUT2D eigenvalue weighted by molar-refractivity contribution is -0.274. The second-order valence-electron chi connectivity index (χ2n) is 6.80. The Bertz CT molecular complexity index is 1220. The molecule has 1 fully saturated rings. The van der Waals surface area contributed by atoms with Crippen LogP contribution >= 0.6 is 11.8 Å². The van der Waals surface area contributed by atoms with Crippen LogP contribution in [0, 0.1) is 0 Å². The maximum atomic E-state index is 12.3. The van der Waals surface area contributed by atoms with E-state index in [2.05, 4.69) is 29.7 Å². The number of fused-ring (bicyclic) bond motifs is 1. The minimum Gasteiger partial charge on any atom is -0.406 e. The summed E-state index contributed by atoms with van der Waals surface area (Å²) in [5.41, 5.74) is 2.14. The summed E-state index contributed by atoms with van der Waals surface area (Å²) in [7, 11) is 0. The van der Waals surface area contributed by atoms with Crippen molar-refractivity contribution >= 4 is 28.6 Å². The topological polar surface area (TPSA) is 69.0 Å². The number of alkyl halides is 3. The molecular formula is C20H15F3N6OS. The number of benzene rings is 2. The quantitative estimate of drug-likeness (QED) is 0.465. The van der Waals surface area contributed by atoms with Gasteiger partial charge in [-0.3, -0.25) is 0 Å². The van der Waals surface area contributed by atoms with E-state index in [1.54, 1.807) is 6.20 Å². The van der Waals surface area contributed by atoms with Crippen molar-refractivity contribution in [1.82, 2.24) is 24.7 Å². The van der Waals surface area contributed by atoms with E-state index in [0.29, 0.717) is 17.5 Å². The molecule has 31 heavy (non-hydrogen) atoms. The minimum absolute atomic E-state index is 0.294. The molecule has 7 nitrogen and oxygen atoms in total. The summed E-state index contributed by atoms with van der Waals surface area (Å²) in [6.45, 7) is 0.925. The van der Waals surface area contributed by atoms with Crippen LogP contribution in [0.5, 0.6) is 5.75 Å². The van der Waals surface area contributed by atoms with Crippen LogP contribution in [-0.2, 0) is 0 Å². The molecule has 0 saturated carbocycles. The van der Waals surface area contributed by atoms with E-state index < -0.39 is 6.36 Å². The first kappa shape index (κ1) is 19.6. The first-order chi connectivity index (χ1) is 14.9. The Hall–Kier alpha value is -3.34. The lowest BCUT2D eigenvalue weighted by Crippen LogP contribution is -2.20. The van der Waals surface area contributed by atoms with Gasteiger partial charge in [0.05, 0.1) is 17.1 Å². The van der Waals surface area contributed by atoms with Gasteiger partial charge in [0.1, 0.15) is 12.1 Å². The Morgan fingerprint density at radius 3 is 2.61 bits per heavy atom. The smallest absolute Gasteiger partial charge is 0.406 e. The maximum absolute atomic E-state index is 12.3. The predicted molar refractivity (Wildman–Crippen MR) is 111 cm³/mol. The number of hydrogen-bond donors (Lipinski definition) is 0. The Morgan fingerprint density at radius 2 is 1.87 bits per heavy atom. The SMILES string of the molecule is FC(F)(F)Oc1ccc(-n2cnc(-c3ccc4cnc(N5CCSC5)nc4c3)n2)cc1. The highest BCUT2D eigenvalue weighted by Crippen LogP contribution is 2.26. The van der Waals surface area contributed by atoms with Crippen LogP contribution in [-0.4, -0.2) is 49.3 Å². The zero-order chi connectivity index (χ0) is 21.4. The zero-order valence-corrected chi connectivity index (χ0v) is 16.8. The van der Waals surface area contributed by atoms with E-state index >= 15 is 0 Å². The molecule has 11 heteroatoms. The normalized spacial score (nSPS) is 14.4. The van der Waals surface area contributed by atoms with E-state index in [9.17, 15) is 13.2 Å². The van der Waals surface area contributed by atoms with Gasteiger partial charge in [-0.25, -0.2) is 19.6 Å². The fourth-order valence-corrected chi connectivity index (χ4v) is 4.14. The zero-order valence-electron chi connectivity index (χ0n) is 16.0. The first-order valence-electron chi connectivity index (χ1n) is 9.32. The molecule has 0 aliphatic carbocycles. The van der Waals surface area contributed by atoms with Gasteiger partial charge in [0, 0.05) is 29.4 Å². The summed E-state index contributed by atoms with van der Waals surface area (Å²) in [4.78, 5) is 15.6. The second-order valence-corrected chi connectivity index (χ2v) is 7.87. The third kappa shape index (κ3) is 4.26. The molecular weight excluding hydrogens is 429 g/mol. The molecule has 1 saturated heterocycles. The Labute approximate surface area is 178 Å². The molecule has 0 spiro atoms. The van der Waals surface area contributed by atoms with Crippen molar-refractivity contribution in [3.8, 4) is 22.8 Å². The molecule has 1 aliphatic heterocycles. The van der Waals surface area contributed by atoms with Crippen molar-refractivity contribution in [3.05, 3.63) is 55.0 Å². The molecule has 0 amide bonds. The third-order valence-electron chi connectivity index (χ3n) is 4.69. The van der Waals surface area contributed by atoms with Gasteiger partial charge in [-0.1, -0.05) is 12.1 Å². The van der Waals surface area contributed by atoms with E-state index in [-0.39, 0.29) is 5.75 Å². The molecule has 2 aromatic heterocycles. The minimum atomic E-state index is -4.73. The van der Waals surface area contributed by atoms with Gasteiger partial charge in [0.2, 0.25) is 5.95 Å². The monoisotopic (exact) mass is 444 g/mol. The van der Waals surface area contributed by atoms with Crippen LogP contribution < -0.4 is 9.64 Å². The molecule has 0 bridgehead atoms. The number of halogens is 3. The van der Waals surface area contributed by atoms with Crippen molar-refractivity contribution in [2.45, 2.75) is 6.36 Å². The standard InChI is InChI=1S/C20H15F3N6OS/c21-20(22,23)30-16-5-3-15(4-6-16)29-11-25-18(27-29)13-1-2-14-10-24-19(26-17(14)9-13)28-7-8-31-12-28/h1-6,9-11H,7-8,12H2. The summed E-state index contributed by atoms with van der Waals surface area (Å²) in [6, 6.07) is 11.1. The predicted octanol–water partition coefficient (Wildman–Crippen LogP) is 4.29. The summed E-state index contributed by atoms with van der Waals surface area (Å²) in [6.07, 6.45) is -1.41. The van der Waals surface area contributed by atoms with Crippen molar-refractivity contribution in [2.75, 3.05) is 23.1 Å². The largest absolute Gasteiger partial charge is 0.573 e. The highest BCUT2D eigenvalue weighted by molar-refractivity contribution is 7.99. The van der Waals surface area contributed by atoms with Crippen LogP contribution in [0.25, 0.3) is 28.0 Å². The molecule has 0 radical (unpaired) electrons. The van der Waals surface area contributed by atoms with Gasteiger partial charge in [-0.2, -0.15) is 0 Å². The molecule has 3 heterocycles. The molecule has 158 valence electrons. The summed E-state index contributed by atoms with van der Waals surface area (Å²) < 4.78 is 42.3. The number of thioether (sulfide) groups is 1. The summed E-state index contributed by atoms with van der Waals surface area (Å²) >= 11 is 1.85. The highest BCUT2D eigenvalue weighted by atomic mass is 32.2. The molecule has 0 atom stereocenters. The van der Waals surface area contributed by atoms with Crippen molar-refractivity contribution in [1.29, 1.82) is 0 Å². The molecule has 1 aliphatic rings. The molecule has 5 rings (SSSR count). The molecule has 2 aromatic carbocycles. The fraction of sp³-hybridized carbons (Fsp3) is 0.200. The lowest BCUT2D eigenvalue weighted by atomic mass is 10.1. The first-order valence-corrected chi connectivity index (χ1v) is 10.5. The van der Waals surface area contributed by atoms with Gasteiger partial charge in [-0.15, -0.1) is 30.0 Å². The number of hydrogen-bond acceptors (Lipinski definition) is 7. The summed E-state index contributed by atoms with van der Waals surface area (Å²) in [5.74, 6) is 2.83. The van der Waals surface area contributed by atoms with Gasteiger partial charge >= 0.3 is 6.36 Å². The van der Waals surface area contributed by atoms with Gasteiger partial charge in [-0.05, 0) is 30.3 Å². The Kier molecular flexibility index (Phi) is 4.89. The van der Waals surface area contributed by atoms with Crippen LogP contribution in [0.2, 0.25) is 0 Å². The van der Waals surface area contributed by atoms with E-state index in [1.165, 1.54) is 35.3 Å². The van der Waals surface area contributed by atoms with Crippen molar-refractivity contribution < 1.29 is 17.9 Å². The number of rotatable bonds is 4. The van der Waals surface area contributed by atoms with Crippen LogP contribution in [0.4, 0.5) is 19.1 Å². The van der Waals surface area contributed by atoms with Crippen LogP contribution in [0.3, 0.4) is 0 Å². The maximum Gasteiger partial charge on any atom is 0.573 e. The number of anilines is 1. The Morgan fingerprint density at radius 1 is 1.03 bits per heavy atom. The lowest BCUT2D eigenvalue weighted by Gasteiger charge is -2.14. The number of ether oxygens (including phenoxy) is 1. The second kappa shape index (κ2) is 7.73. The molecule has 0 unspecified atom stereocenters. The molecule has 0 N–H and O–H groups in total. The third-order valence-corrected chi connectivity index (χ3v) is 5.66. The van der Waals surface area contributed by atoms with Gasteiger partial charge in [0.15, 0.2) is 5.82 Å². The summed E-state index contributed by atoms with van der Waals surface area (Å²) in [5, 5.41) is 5.36. The van der Waals surface area contributed by atoms with E-state index in [1.807, 2.05) is 30.0 Å². The van der Waals surface area contributed by atoms with Crippen LogP contribution in [0.1, 0.15) is 0 Å². The number of nitrogens with zero attached hydrogens (tertiary/aromatic N) is 6. The van der Waals surface area contributed by atoms with Gasteiger partial charge in [0.25, 0.3) is 0 Å². The van der Waals surface area contributed by atoms with Gasteiger partial charge < -0.3 is 9.64 Å². The number of aromatic nitrogens is 5. The van der Waals surface area contributed by atoms with E-state index in [4.69, 9.17) is 0 Å².